The number of ketones is 1. The molecule has 4 rings (SSSR count). The van der Waals surface area contributed by atoms with E-state index in [-0.39, 0.29) is 11.2 Å². The summed E-state index contributed by atoms with van der Waals surface area (Å²) < 4.78 is 12.4. The molecule has 1 aliphatic heterocycles. The van der Waals surface area contributed by atoms with Gasteiger partial charge in [-0.1, -0.05) is 38.1 Å². The highest BCUT2D eigenvalue weighted by molar-refractivity contribution is 14.1. The first-order valence-electron chi connectivity index (χ1n) is 11.6. The van der Waals surface area contributed by atoms with Crippen molar-refractivity contribution < 1.29 is 14.3 Å². The third-order valence-electron chi connectivity index (χ3n) is 6.54. The zero-order valence-corrected chi connectivity index (χ0v) is 22.5. The van der Waals surface area contributed by atoms with Crippen LogP contribution in [0.15, 0.2) is 71.2 Å². The Labute approximate surface area is 220 Å². The maximum absolute atomic E-state index is 13.5. The molecule has 1 heterocycles. The number of nitriles is 1. The second kappa shape index (κ2) is 10.4. The van der Waals surface area contributed by atoms with Crippen LogP contribution < -0.4 is 10.5 Å². The Morgan fingerprint density at radius 3 is 2.46 bits per heavy atom. The number of nitrogens with two attached hydrogens (primary N) is 1. The van der Waals surface area contributed by atoms with Crippen molar-refractivity contribution in [3.63, 3.8) is 0 Å². The lowest BCUT2D eigenvalue weighted by molar-refractivity contribution is -0.118. The Balaban J connectivity index is 1.67. The summed E-state index contributed by atoms with van der Waals surface area (Å²) in [6.45, 7) is 5.60. The van der Waals surface area contributed by atoms with Gasteiger partial charge in [0.25, 0.3) is 0 Å². The Hall–Kier alpha value is -2.83. The highest BCUT2D eigenvalue weighted by Crippen LogP contribution is 2.49. The molecule has 2 N–H and O–H groups in total. The molecule has 0 amide bonds. The molecule has 2 aromatic carbocycles. The van der Waals surface area contributed by atoms with Gasteiger partial charge >= 0.3 is 0 Å². The molecule has 0 saturated heterocycles. The molecule has 0 spiro atoms. The minimum absolute atomic E-state index is 0.0722. The Morgan fingerprint density at radius 1 is 1.14 bits per heavy atom. The topological polar surface area (TPSA) is 88.6 Å². The van der Waals surface area contributed by atoms with Crippen LogP contribution in [0, 0.1) is 20.3 Å². The number of carbonyl (C=O) groups excluding carboxylic acids is 1. The number of carbonyl (C=O) groups is 1. The predicted octanol–water partition coefficient (Wildman–Crippen LogP) is 5.25. The number of halogens is 1. The molecule has 0 fully saturated rings. The fourth-order valence-electron chi connectivity index (χ4n) is 4.85. The Morgan fingerprint density at radius 2 is 1.83 bits per heavy atom. The first-order valence-corrected chi connectivity index (χ1v) is 12.7. The first kappa shape index (κ1) is 25.3. The minimum atomic E-state index is -0.484. The van der Waals surface area contributed by atoms with Crippen molar-refractivity contribution >= 4 is 28.4 Å². The summed E-state index contributed by atoms with van der Waals surface area (Å²) in [4.78, 5) is 15.4. The summed E-state index contributed by atoms with van der Waals surface area (Å²) in [5.41, 5.74) is 10.3. The van der Waals surface area contributed by atoms with E-state index in [9.17, 15) is 10.1 Å². The molecule has 2 aliphatic rings. The summed E-state index contributed by atoms with van der Waals surface area (Å²) in [7, 11) is 1.63. The highest BCUT2D eigenvalue weighted by atomic mass is 127. The lowest BCUT2D eigenvalue weighted by atomic mass is 9.68. The molecular weight excluding hydrogens is 553 g/mol. The number of Topliss-reactive ketones (excluding diaryl/α,β-unsaturated/α-hetero) is 1. The Kier molecular flexibility index (Phi) is 7.53. The van der Waals surface area contributed by atoms with Crippen molar-refractivity contribution in [2.75, 3.05) is 20.3 Å². The van der Waals surface area contributed by atoms with Gasteiger partial charge in [0.05, 0.1) is 24.2 Å². The molecule has 1 aliphatic carbocycles. The van der Waals surface area contributed by atoms with E-state index in [0.717, 1.165) is 22.6 Å². The fraction of sp³-hybridized carbons (Fsp3) is 0.357. The van der Waals surface area contributed by atoms with Gasteiger partial charge in [-0.25, -0.2) is 0 Å². The van der Waals surface area contributed by atoms with Gasteiger partial charge in [0.2, 0.25) is 0 Å². The summed E-state index contributed by atoms with van der Waals surface area (Å²) in [6.07, 6.45) is 1.15. The molecule has 7 heteroatoms. The zero-order chi connectivity index (χ0) is 25.2. The lowest BCUT2D eigenvalue weighted by Gasteiger charge is -2.43. The molecule has 0 radical (unpaired) electrons. The molecule has 2 aromatic rings. The number of hydrogen-bond acceptors (Lipinski definition) is 6. The summed E-state index contributed by atoms with van der Waals surface area (Å²) in [6, 6.07) is 18.1. The van der Waals surface area contributed by atoms with E-state index in [2.05, 4.69) is 54.6 Å². The van der Waals surface area contributed by atoms with Gasteiger partial charge in [-0.05, 0) is 69.8 Å². The third kappa shape index (κ3) is 5.39. The van der Waals surface area contributed by atoms with Gasteiger partial charge in [0.1, 0.15) is 18.2 Å². The summed E-state index contributed by atoms with van der Waals surface area (Å²) in [5.74, 6) is 0.717. The number of methoxy groups -OCH3 is 1. The van der Waals surface area contributed by atoms with E-state index in [1.165, 1.54) is 3.57 Å². The van der Waals surface area contributed by atoms with E-state index >= 15 is 0 Å². The van der Waals surface area contributed by atoms with Crippen LogP contribution in [0.25, 0.3) is 0 Å². The van der Waals surface area contributed by atoms with Gasteiger partial charge in [0.15, 0.2) is 5.78 Å². The molecule has 35 heavy (non-hydrogen) atoms. The number of allylic oxidation sites excluding steroid dienone is 3. The highest BCUT2D eigenvalue weighted by Gasteiger charge is 2.44. The molecule has 1 atom stereocenters. The van der Waals surface area contributed by atoms with Crippen molar-refractivity contribution in [1.29, 1.82) is 5.26 Å². The summed E-state index contributed by atoms with van der Waals surface area (Å²) >= 11 is 2.28. The second-order valence-corrected chi connectivity index (χ2v) is 11.0. The van der Waals surface area contributed by atoms with Crippen molar-refractivity contribution in [2.45, 2.75) is 39.2 Å². The van der Waals surface area contributed by atoms with E-state index in [4.69, 9.17) is 15.2 Å². The lowest BCUT2D eigenvalue weighted by Crippen LogP contribution is -2.43. The molecule has 0 saturated carbocycles. The average molecular weight is 583 g/mol. The van der Waals surface area contributed by atoms with E-state index in [1.54, 1.807) is 7.11 Å². The fourth-order valence-corrected chi connectivity index (χ4v) is 5.21. The molecule has 0 aromatic heterocycles. The van der Waals surface area contributed by atoms with Crippen LogP contribution in [0.2, 0.25) is 0 Å². The molecule has 0 unspecified atom stereocenters. The number of hydrogen-bond donors (Lipinski definition) is 1. The Bertz CT molecular complexity index is 1210. The number of rotatable bonds is 7. The SMILES string of the molecule is COCCN1C(N)=C(C#N)[C@H](c2ccc(OCc3ccc(I)cc3)cc2)C2=C1CC(C)(C)CC2=O. The van der Waals surface area contributed by atoms with Gasteiger partial charge in [-0.15, -0.1) is 0 Å². The maximum Gasteiger partial charge on any atom is 0.162 e. The molecular formula is C28H30IN3O3. The zero-order valence-electron chi connectivity index (χ0n) is 20.3. The van der Waals surface area contributed by atoms with Crippen LogP contribution in [0.4, 0.5) is 0 Å². The second-order valence-electron chi connectivity index (χ2n) is 9.77. The average Bonchev–Trinajstić information content (AvgIpc) is 2.82. The van der Waals surface area contributed by atoms with Crippen LogP contribution in [0.3, 0.4) is 0 Å². The monoisotopic (exact) mass is 583 g/mol. The van der Waals surface area contributed by atoms with Crippen molar-refractivity contribution in [3.8, 4) is 11.8 Å². The van der Waals surface area contributed by atoms with Crippen LogP contribution in [-0.4, -0.2) is 30.9 Å². The van der Waals surface area contributed by atoms with E-state index in [0.29, 0.717) is 49.6 Å². The van der Waals surface area contributed by atoms with Gasteiger partial charge in [-0.2, -0.15) is 5.26 Å². The van der Waals surface area contributed by atoms with Crippen LogP contribution >= 0.6 is 22.6 Å². The molecule has 6 nitrogen and oxygen atoms in total. The normalized spacial score (nSPS) is 19.5. The summed E-state index contributed by atoms with van der Waals surface area (Å²) in [5, 5.41) is 10.1. The number of ether oxygens (including phenoxy) is 2. The van der Waals surface area contributed by atoms with Crippen LogP contribution in [0.1, 0.15) is 43.7 Å². The third-order valence-corrected chi connectivity index (χ3v) is 7.26. The van der Waals surface area contributed by atoms with Crippen LogP contribution in [0.5, 0.6) is 5.75 Å². The number of nitrogens with zero attached hydrogens (tertiary/aromatic N) is 2. The minimum Gasteiger partial charge on any atom is -0.489 e. The first-order chi connectivity index (χ1) is 16.7. The van der Waals surface area contributed by atoms with Crippen molar-refractivity contribution in [3.05, 3.63) is 85.9 Å². The number of benzene rings is 2. The van der Waals surface area contributed by atoms with Crippen molar-refractivity contribution in [1.82, 2.24) is 4.90 Å². The van der Waals surface area contributed by atoms with Crippen LogP contribution in [-0.2, 0) is 16.1 Å². The smallest absolute Gasteiger partial charge is 0.162 e. The molecule has 182 valence electrons. The van der Waals surface area contributed by atoms with Gasteiger partial charge < -0.3 is 20.1 Å². The predicted molar refractivity (Wildman–Crippen MR) is 143 cm³/mol. The van der Waals surface area contributed by atoms with Gasteiger partial charge in [0, 0.05) is 34.9 Å². The van der Waals surface area contributed by atoms with Gasteiger partial charge in [-0.3, -0.25) is 4.79 Å². The van der Waals surface area contributed by atoms with Crippen molar-refractivity contribution in [2.24, 2.45) is 11.1 Å². The molecule has 0 bridgehead atoms. The largest absolute Gasteiger partial charge is 0.489 e. The quantitative estimate of drug-likeness (QED) is 0.448. The van der Waals surface area contributed by atoms with E-state index < -0.39 is 5.92 Å². The maximum atomic E-state index is 13.5. The standard InChI is InChI=1S/C28H30IN3O3/c1-28(2)14-23-26(24(33)15-28)25(22(16-30)27(31)32(23)12-13-34-3)19-6-10-21(11-7-19)35-17-18-4-8-20(29)9-5-18/h4-11,25H,12-15,17,31H2,1-3H3/t25-/m0/s1. The van der Waals surface area contributed by atoms with E-state index in [1.807, 2.05) is 41.3 Å².